The summed E-state index contributed by atoms with van der Waals surface area (Å²) < 4.78 is 13.0. The number of ether oxygens (including phenoxy) is 2. The number of nitrogens with zero attached hydrogens (tertiary/aromatic N) is 5. The first-order valence-corrected chi connectivity index (χ1v) is 8.32. The fraction of sp³-hybridized carbons (Fsp3) is 0.625. The number of aromatic nitrogens is 4. The molecule has 24 heavy (non-hydrogen) atoms. The minimum atomic E-state index is -0.282. The normalized spacial score (nSPS) is 23.6. The van der Waals surface area contributed by atoms with Crippen LogP contribution in [0, 0.1) is 0 Å². The number of anilines is 1. The SMILES string of the molecule is CC(=O)OC[C@@H]1CC[C@H](n2cnc3c(N(C)C4CC4)ncnc32)O1. The van der Waals surface area contributed by atoms with Crippen LogP contribution in [0.5, 0.6) is 0 Å². The summed E-state index contributed by atoms with van der Waals surface area (Å²) in [6.45, 7) is 1.70. The van der Waals surface area contributed by atoms with Crippen molar-refractivity contribution in [3.05, 3.63) is 12.7 Å². The Balaban J connectivity index is 1.55. The Bertz CT molecular complexity index is 757. The highest BCUT2D eigenvalue weighted by atomic mass is 16.6. The maximum atomic E-state index is 10.9. The summed E-state index contributed by atoms with van der Waals surface area (Å²) in [7, 11) is 2.06. The van der Waals surface area contributed by atoms with E-state index in [9.17, 15) is 4.79 Å². The van der Waals surface area contributed by atoms with Gasteiger partial charge < -0.3 is 14.4 Å². The molecule has 0 spiro atoms. The predicted molar refractivity (Wildman–Crippen MR) is 86.5 cm³/mol. The quantitative estimate of drug-likeness (QED) is 0.771. The maximum Gasteiger partial charge on any atom is 0.302 e. The summed E-state index contributed by atoms with van der Waals surface area (Å²) in [4.78, 5) is 26.5. The second kappa shape index (κ2) is 6.01. The van der Waals surface area contributed by atoms with E-state index < -0.39 is 0 Å². The van der Waals surface area contributed by atoms with Crippen molar-refractivity contribution in [3.63, 3.8) is 0 Å². The van der Waals surface area contributed by atoms with Gasteiger partial charge in [-0.25, -0.2) is 15.0 Å². The van der Waals surface area contributed by atoms with Crippen molar-refractivity contribution in [1.29, 1.82) is 0 Å². The first kappa shape index (κ1) is 15.3. The van der Waals surface area contributed by atoms with E-state index in [2.05, 4.69) is 26.9 Å². The Kier molecular flexibility index (Phi) is 3.84. The Morgan fingerprint density at radius 1 is 1.33 bits per heavy atom. The third kappa shape index (κ3) is 2.82. The zero-order valence-electron chi connectivity index (χ0n) is 13.9. The highest BCUT2D eigenvalue weighted by Gasteiger charge is 2.31. The number of esters is 1. The molecule has 2 aromatic rings. The van der Waals surface area contributed by atoms with Gasteiger partial charge in [-0.2, -0.15) is 0 Å². The van der Waals surface area contributed by atoms with Gasteiger partial charge in [0.25, 0.3) is 0 Å². The Labute approximate surface area is 139 Å². The molecule has 0 amide bonds. The molecule has 128 valence electrons. The molecule has 8 nitrogen and oxygen atoms in total. The average molecular weight is 331 g/mol. The van der Waals surface area contributed by atoms with E-state index in [0.29, 0.717) is 12.6 Å². The smallest absolute Gasteiger partial charge is 0.302 e. The largest absolute Gasteiger partial charge is 0.463 e. The van der Waals surface area contributed by atoms with Crippen LogP contribution in [0.3, 0.4) is 0 Å². The molecule has 2 aromatic heterocycles. The van der Waals surface area contributed by atoms with Crippen molar-refractivity contribution in [2.75, 3.05) is 18.6 Å². The van der Waals surface area contributed by atoms with Crippen LogP contribution in [0.15, 0.2) is 12.7 Å². The Hall–Kier alpha value is -2.22. The molecule has 0 aromatic carbocycles. The number of hydrogen-bond donors (Lipinski definition) is 0. The summed E-state index contributed by atoms with van der Waals surface area (Å²) in [5, 5.41) is 0. The van der Waals surface area contributed by atoms with Gasteiger partial charge in [0.2, 0.25) is 0 Å². The lowest BCUT2D eigenvalue weighted by molar-refractivity contribution is -0.145. The van der Waals surface area contributed by atoms with Crippen LogP contribution in [-0.4, -0.2) is 51.3 Å². The van der Waals surface area contributed by atoms with Gasteiger partial charge >= 0.3 is 5.97 Å². The van der Waals surface area contributed by atoms with E-state index >= 15 is 0 Å². The molecule has 0 N–H and O–H groups in total. The molecular formula is C16H21N5O3. The standard InChI is InChI=1S/C16H21N5O3/c1-10(22)23-7-12-5-6-13(24-12)21-9-19-14-15(17-8-18-16(14)21)20(2)11-3-4-11/h8-9,11-13H,3-7H2,1-2H3/t12-,13+/m0/s1. The van der Waals surface area contributed by atoms with Gasteiger partial charge in [0, 0.05) is 20.0 Å². The molecule has 1 aliphatic heterocycles. The van der Waals surface area contributed by atoms with Crippen LogP contribution < -0.4 is 4.90 Å². The first-order chi connectivity index (χ1) is 11.6. The van der Waals surface area contributed by atoms with Crippen molar-refractivity contribution in [2.45, 2.75) is 51.0 Å². The summed E-state index contributed by atoms with van der Waals surface area (Å²) in [5.41, 5.74) is 1.59. The molecule has 0 radical (unpaired) electrons. The van der Waals surface area contributed by atoms with Crippen molar-refractivity contribution >= 4 is 23.0 Å². The van der Waals surface area contributed by atoms with Gasteiger partial charge in [0.05, 0.1) is 12.4 Å². The number of rotatable bonds is 5. The lowest BCUT2D eigenvalue weighted by Gasteiger charge is -2.18. The third-order valence-electron chi connectivity index (χ3n) is 4.64. The van der Waals surface area contributed by atoms with Crippen molar-refractivity contribution in [3.8, 4) is 0 Å². The van der Waals surface area contributed by atoms with Crippen LogP contribution >= 0.6 is 0 Å². The predicted octanol–water partition coefficient (Wildman–Crippen LogP) is 1.67. The summed E-state index contributed by atoms with van der Waals surface area (Å²) >= 11 is 0. The molecule has 2 atom stereocenters. The number of hydrogen-bond acceptors (Lipinski definition) is 7. The molecule has 1 saturated heterocycles. The number of carbonyl (C=O) groups excluding carboxylic acids is 1. The molecule has 1 aliphatic carbocycles. The molecule has 0 unspecified atom stereocenters. The first-order valence-electron chi connectivity index (χ1n) is 8.32. The molecule has 8 heteroatoms. The lowest BCUT2D eigenvalue weighted by atomic mass is 10.2. The van der Waals surface area contributed by atoms with Gasteiger partial charge in [-0.1, -0.05) is 0 Å². The zero-order chi connectivity index (χ0) is 16.7. The molecule has 2 aliphatic rings. The number of carbonyl (C=O) groups is 1. The maximum absolute atomic E-state index is 10.9. The molecule has 1 saturated carbocycles. The van der Waals surface area contributed by atoms with Crippen LogP contribution in [0.2, 0.25) is 0 Å². The molecule has 3 heterocycles. The monoisotopic (exact) mass is 331 g/mol. The average Bonchev–Trinajstić information content (AvgIpc) is 3.16. The highest BCUT2D eigenvalue weighted by molar-refractivity contribution is 5.83. The van der Waals surface area contributed by atoms with Gasteiger partial charge in [-0.05, 0) is 25.7 Å². The van der Waals surface area contributed by atoms with Gasteiger partial charge in [-0.3, -0.25) is 9.36 Å². The van der Waals surface area contributed by atoms with Crippen LogP contribution in [0.1, 0.15) is 38.8 Å². The van der Waals surface area contributed by atoms with Crippen molar-refractivity contribution < 1.29 is 14.3 Å². The summed E-state index contributed by atoms with van der Waals surface area (Å²) in [5.74, 6) is 0.589. The molecular weight excluding hydrogens is 310 g/mol. The number of imidazole rings is 1. The molecule has 4 rings (SSSR count). The fourth-order valence-corrected chi connectivity index (χ4v) is 3.17. The summed E-state index contributed by atoms with van der Waals surface area (Å²) in [6.07, 6.45) is 7.23. The molecule has 2 fully saturated rings. The lowest BCUT2D eigenvalue weighted by Crippen LogP contribution is -2.21. The number of fused-ring (bicyclic) bond motifs is 1. The van der Waals surface area contributed by atoms with E-state index in [1.54, 1.807) is 12.7 Å². The second-order valence-corrected chi connectivity index (χ2v) is 6.46. The van der Waals surface area contributed by atoms with Crippen LogP contribution in [-0.2, 0) is 14.3 Å². The topological polar surface area (TPSA) is 82.4 Å². The van der Waals surface area contributed by atoms with Crippen molar-refractivity contribution in [1.82, 2.24) is 19.5 Å². The van der Waals surface area contributed by atoms with E-state index in [1.165, 1.54) is 19.8 Å². The van der Waals surface area contributed by atoms with E-state index in [0.717, 1.165) is 29.8 Å². The minimum Gasteiger partial charge on any atom is -0.463 e. The second-order valence-electron chi connectivity index (χ2n) is 6.46. The van der Waals surface area contributed by atoms with Crippen molar-refractivity contribution in [2.24, 2.45) is 0 Å². The Morgan fingerprint density at radius 2 is 2.17 bits per heavy atom. The van der Waals surface area contributed by atoms with Gasteiger partial charge in [-0.15, -0.1) is 0 Å². The third-order valence-corrected chi connectivity index (χ3v) is 4.64. The zero-order valence-corrected chi connectivity index (χ0v) is 13.9. The highest BCUT2D eigenvalue weighted by Crippen LogP contribution is 2.34. The summed E-state index contributed by atoms with van der Waals surface area (Å²) in [6, 6.07) is 0.559. The fourth-order valence-electron chi connectivity index (χ4n) is 3.17. The minimum absolute atomic E-state index is 0.0770. The Morgan fingerprint density at radius 3 is 2.92 bits per heavy atom. The van der Waals surface area contributed by atoms with Crippen LogP contribution in [0.4, 0.5) is 5.82 Å². The van der Waals surface area contributed by atoms with Gasteiger partial charge in [0.15, 0.2) is 17.0 Å². The molecule has 0 bridgehead atoms. The van der Waals surface area contributed by atoms with E-state index in [4.69, 9.17) is 9.47 Å². The van der Waals surface area contributed by atoms with Gasteiger partial charge in [0.1, 0.15) is 19.2 Å². The van der Waals surface area contributed by atoms with Crippen LogP contribution in [0.25, 0.3) is 11.2 Å². The van der Waals surface area contributed by atoms with E-state index in [1.807, 2.05) is 4.57 Å². The van der Waals surface area contributed by atoms with E-state index in [-0.39, 0.29) is 18.3 Å².